The molecule has 110 valence electrons. The fourth-order valence-electron chi connectivity index (χ4n) is 3.70. The van der Waals surface area contributed by atoms with Crippen LogP contribution in [0, 0.1) is 0 Å². The number of hydrogen-bond donors (Lipinski definition) is 0. The number of likely N-dealkylation sites (tertiary alicyclic amines) is 2. The van der Waals surface area contributed by atoms with Gasteiger partial charge in [0.2, 0.25) is 5.91 Å². The summed E-state index contributed by atoms with van der Waals surface area (Å²) < 4.78 is 0.863. The lowest BCUT2D eigenvalue weighted by atomic mass is 10.0. The zero-order valence-corrected chi connectivity index (χ0v) is 13.4. The smallest absolute Gasteiger partial charge is 0.219 e. The normalized spacial score (nSPS) is 27.4. The van der Waals surface area contributed by atoms with Gasteiger partial charge in [-0.2, -0.15) is 0 Å². The summed E-state index contributed by atoms with van der Waals surface area (Å²) in [6.45, 7) is 4.76. The zero-order chi connectivity index (χ0) is 14.1. The van der Waals surface area contributed by atoms with Gasteiger partial charge in [0, 0.05) is 37.0 Å². The standard InChI is InChI=1S/C15H21ClN2OS/c1-11(19)18-9-3-5-14(18)13-4-2-8-17(13)10-12-6-7-15(16)20-12/h6-7,13-14H,2-5,8-10H2,1H3. The first-order valence-corrected chi connectivity index (χ1v) is 8.60. The van der Waals surface area contributed by atoms with Crippen LogP contribution in [0.4, 0.5) is 0 Å². The predicted molar refractivity (Wildman–Crippen MR) is 83.2 cm³/mol. The van der Waals surface area contributed by atoms with Crippen molar-refractivity contribution >= 4 is 28.8 Å². The van der Waals surface area contributed by atoms with E-state index in [4.69, 9.17) is 11.6 Å². The van der Waals surface area contributed by atoms with Crippen LogP contribution in [0.25, 0.3) is 0 Å². The van der Waals surface area contributed by atoms with Crippen molar-refractivity contribution in [2.75, 3.05) is 13.1 Å². The molecule has 2 unspecified atom stereocenters. The molecule has 2 fully saturated rings. The molecule has 0 N–H and O–H groups in total. The van der Waals surface area contributed by atoms with Crippen molar-refractivity contribution in [1.82, 2.24) is 9.80 Å². The quantitative estimate of drug-likeness (QED) is 0.854. The maximum Gasteiger partial charge on any atom is 0.219 e. The fraction of sp³-hybridized carbons (Fsp3) is 0.667. The van der Waals surface area contributed by atoms with Crippen LogP contribution < -0.4 is 0 Å². The average molecular weight is 313 g/mol. The van der Waals surface area contributed by atoms with E-state index in [2.05, 4.69) is 15.9 Å². The molecule has 2 atom stereocenters. The lowest BCUT2D eigenvalue weighted by Gasteiger charge is -2.34. The molecule has 0 saturated carbocycles. The minimum atomic E-state index is 0.235. The lowest BCUT2D eigenvalue weighted by Crippen LogP contribution is -2.47. The number of halogens is 1. The first-order chi connectivity index (χ1) is 9.65. The van der Waals surface area contributed by atoms with E-state index in [-0.39, 0.29) is 5.91 Å². The number of carbonyl (C=O) groups excluding carboxylic acids is 1. The number of hydrogen-bond acceptors (Lipinski definition) is 3. The summed E-state index contributed by atoms with van der Waals surface area (Å²) in [5.41, 5.74) is 0. The van der Waals surface area contributed by atoms with Gasteiger partial charge in [-0.3, -0.25) is 9.69 Å². The summed E-state index contributed by atoms with van der Waals surface area (Å²) >= 11 is 7.69. The van der Waals surface area contributed by atoms with Gasteiger partial charge in [-0.25, -0.2) is 0 Å². The molecule has 1 aromatic rings. The summed E-state index contributed by atoms with van der Waals surface area (Å²) in [6.07, 6.45) is 4.77. The Kier molecular flexibility index (Phi) is 4.34. The third kappa shape index (κ3) is 2.87. The molecule has 5 heteroatoms. The van der Waals surface area contributed by atoms with Crippen LogP contribution in [0.1, 0.15) is 37.5 Å². The van der Waals surface area contributed by atoms with E-state index >= 15 is 0 Å². The molecule has 0 bridgehead atoms. The van der Waals surface area contributed by atoms with Gasteiger partial charge in [-0.1, -0.05) is 11.6 Å². The molecule has 3 rings (SSSR count). The predicted octanol–water partition coefficient (Wildman–Crippen LogP) is 3.38. The van der Waals surface area contributed by atoms with Crippen molar-refractivity contribution in [3.05, 3.63) is 21.3 Å². The van der Waals surface area contributed by atoms with E-state index in [1.165, 1.54) is 17.7 Å². The Balaban J connectivity index is 1.70. The van der Waals surface area contributed by atoms with E-state index in [9.17, 15) is 4.79 Å². The van der Waals surface area contributed by atoms with Gasteiger partial charge >= 0.3 is 0 Å². The molecular weight excluding hydrogens is 292 g/mol. The number of thiophene rings is 1. The summed E-state index contributed by atoms with van der Waals surface area (Å²) in [5.74, 6) is 0.235. The maximum absolute atomic E-state index is 11.8. The average Bonchev–Trinajstić information content (AvgIpc) is 3.09. The van der Waals surface area contributed by atoms with Crippen LogP contribution in [0.15, 0.2) is 12.1 Å². The van der Waals surface area contributed by atoms with Crippen molar-refractivity contribution < 1.29 is 4.79 Å². The molecule has 0 spiro atoms. The molecule has 3 heterocycles. The maximum atomic E-state index is 11.8. The Bertz CT molecular complexity index is 490. The number of nitrogens with zero attached hydrogens (tertiary/aromatic N) is 2. The Hall–Kier alpha value is -0.580. The molecule has 1 aromatic heterocycles. The summed E-state index contributed by atoms with van der Waals surface area (Å²) in [4.78, 5) is 17.7. The second-order valence-corrected chi connectivity index (χ2v) is 7.61. The highest BCUT2D eigenvalue weighted by atomic mass is 35.5. The minimum Gasteiger partial charge on any atom is -0.338 e. The van der Waals surface area contributed by atoms with Gasteiger partial charge in [0.05, 0.1) is 4.34 Å². The molecule has 0 aromatic carbocycles. The Morgan fingerprint density at radius 2 is 2.05 bits per heavy atom. The first-order valence-electron chi connectivity index (χ1n) is 7.40. The number of amides is 1. The molecule has 2 saturated heterocycles. The third-order valence-electron chi connectivity index (χ3n) is 4.55. The monoisotopic (exact) mass is 312 g/mol. The van der Waals surface area contributed by atoms with Gasteiger partial charge in [0.25, 0.3) is 0 Å². The molecule has 0 radical (unpaired) electrons. The van der Waals surface area contributed by atoms with Crippen LogP contribution in [0.5, 0.6) is 0 Å². The third-order valence-corrected chi connectivity index (χ3v) is 5.77. The zero-order valence-electron chi connectivity index (χ0n) is 11.8. The van der Waals surface area contributed by atoms with Crippen molar-refractivity contribution in [2.45, 2.75) is 51.2 Å². The highest BCUT2D eigenvalue weighted by Crippen LogP contribution is 2.32. The van der Waals surface area contributed by atoms with Gasteiger partial charge in [0.1, 0.15) is 0 Å². The topological polar surface area (TPSA) is 23.6 Å². The van der Waals surface area contributed by atoms with Crippen LogP contribution >= 0.6 is 22.9 Å². The summed E-state index contributed by atoms with van der Waals surface area (Å²) in [7, 11) is 0. The highest BCUT2D eigenvalue weighted by Gasteiger charge is 2.38. The van der Waals surface area contributed by atoms with Gasteiger partial charge in [0.15, 0.2) is 0 Å². The first kappa shape index (κ1) is 14.4. The minimum absolute atomic E-state index is 0.235. The lowest BCUT2D eigenvalue weighted by molar-refractivity contribution is -0.130. The van der Waals surface area contributed by atoms with Gasteiger partial charge in [-0.15, -0.1) is 11.3 Å². The largest absolute Gasteiger partial charge is 0.338 e. The van der Waals surface area contributed by atoms with Crippen LogP contribution in [-0.4, -0.2) is 40.9 Å². The van der Waals surface area contributed by atoms with E-state index in [1.54, 1.807) is 18.3 Å². The van der Waals surface area contributed by atoms with Gasteiger partial charge < -0.3 is 4.90 Å². The van der Waals surface area contributed by atoms with E-state index in [1.807, 2.05) is 6.07 Å². The van der Waals surface area contributed by atoms with Crippen LogP contribution in [0.2, 0.25) is 4.34 Å². The van der Waals surface area contributed by atoms with Crippen molar-refractivity contribution in [3.63, 3.8) is 0 Å². The molecule has 3 nitrogen and oxygen atoms in total. The van der Waals surface area contributed by atoms with E-state index in [0.29, 0.717) is 12.1 Å². The second kappa shape index (κ2) is 6.04. The summed E-state index contributed by atoms with van der Waals surface area (Å²) in [6, 6.07) is 5.05. The van der Waals surface area contributed by atoms with E-state index < -0.39 is 0 Å². The van der Waals surface area contributed by atoms with E-state index in [0.717, 1.165) is 36.8 Å². The number of rotatable bonds is 3. The Morgan fingerprint density at radius 3 is 2.75 bits per heavy atom. The SMILES string of the molecule is CC(=O)N1CCCC1C1CCCN1Cc1ccc(Cl)s1. The second-order valence-electron chi connectivity index (χ2n) is 5.81. The molecule has 1 amide bonds. The Labute approximate surface area is 129 Å². The molecule has 2 aliphatic rings. The van der Waals surface area contributed by atoms with Crippen LogP contribution in [-0.2, 0) is 11.3 Å². The molecular formula is C15H21ClN2OS. The van der Waals surface area contributed by atoms with Crippen molar-refractivity contribution in [3.8, 4) is 0 Å². The highest BCUT2D eigenvalue weighted by molar-refractivity contribution is 7.16. The molecule has 0 aliphatic carbocycles. The Morgan fingerprint density at radius 1 is 1.30 bits per heavy atom. The summed E-state index contributed by atoms with van der Waals surface area (Å²) in [5, 5.41) is 0. The fourth-order valence-corrected chi connectivity index (χ4v) is 4.82. The number of carbonyl (C=O) groups is 1. The van der Waals surface area contributed by atoms with Crippen LogP contribution in [0.3, 0.4) is 0 Å². The van der Waals surface area contributed by atoms with Crippen molar-refractivity contribution in [2.24, 2.45) is 0 Å². The van der Waals surface area contributed by atoms with Gasteiger partial charge in [-0.05, 0) is 44.4 Å². The molecule has 20 heavy (non-hydrogen) atoms. The molecule has 2 aliphatic heterocycles. The van der Waals surface area contributed by atoms with Crippen molar-refractivity contribution in [1.29, 1.82) is 0 Å².